The zero-order valence-electron chi connectivity index (χ0n) is 18.9. The minimum atomic E-state index is 0.0729. The second-order valence-corrected chi connectivity index (χ2v) is 8.40. The Balaban J connectivity index is 2.03. The van der Waals surface area contributed by atoms with Gasteiger partial charge in [-0.05, 0) is 76.6 Å². The zero-order chi connectivity index (χ0) is 21.8. The number of hydrogen-bond acceptors (Lipinski definition) is 3. The summed E-state index contributed by atoms with van der Waals surface area (Å²) < 4.78 is 0. The van der Waals surface area contributed by atoms with Gasteiger partial charge in [-0.1, -0.05) is 35.4 Å². The first kappa shape index (κ1) is 22.1. The van der Waals surface area contributed by atoms with Gasteiger partial charge in [-0.3, -0.25) is 9.69 Å². The number of rotatable bonds is 6. The van der Waals surface area contributed by atoms with E-state index in [-0.39, 0.29) is 17.6 Å². The Hall–Kier alpha value is -2.59. The molecule has 160 valence electrons. The molecule has 0 bridgehead atoms. The van der Waals surface area contributed by atoms with Crippen LogP contribution < -0.4 is 0 Å². The Morgan fingerprint density at radius 1 is 1.13 bits per heavy atom. The molecule has 4 heteroatoms. The number of carbonyl (C=O) groups excluding carboxylic acids is 1. The predicted molar refractivity (Wildman–Crippen MR) is 123 cm³/mol. The number of nitrogens with zero attached hydrogens (tertiary/aromatic N) is 2. The highest BCUT2D eigenvalue weighted by Gasteiger charge is 2.28. The van der Waals surface area contributed by atoms with Crippen molar-refractivity contribution >= 4 is 5.91 Å². The third kappa shape index (κ3) is 4.59. The van der Waals surface area contributed by atoms with Crippen molar-refractivity contribution in [2.75, 3.05) is 26.7 Å². The van der Waals surface area contributed by atoms with Gasteiger partial charge in [0, 0.05) is 37.2 Å². The number of phenols is 1. The SMILES string of the molecule is CCN(CC)C(=O)c1ccc([C@@H](C2=C(C)CN(C)[C@H](C)C2)c2cccc(O)c2)cc1. The lowest BCUT2D eigenvalue weighted by Crippen LogP contribution is -2.36. The Morgan fingerprint density at radius 2 is 1.80 bits per heavy atom. The molecule has 30 heavy (non-hydrogen) atoms. The largest absolute Gasteiger partial charge is 0.508 e. The summed E-state index contributed by atoms with van der Waals surface area (Å²) in [6.07, 6.45) is 0.989. The van der Waals surface area contributed by atoms with E-state index in [9.17, 15) is 9.90 Å². The number of amides is 1. The molecule has 1 aliphatic heterocycles. The van der Waals surface area contributed by atoms with Gasteiger partial charge in [0.25, 0.3) is 5.91 Å². The van der Waals surface area contributed by atoms with E-state index in [1.165, 1.54) is 11.1 Å². The van der Waals surface area contributed by atoms with E-state index in [1.54, 1.807) is 6.07 Å². The van der Waals surface area contributed by atoms with Gasteiger partial charge in [0.1, 0.15) is 5.75 Å². The first-order valence-electron chi connectivity index (χ1n) is 10.9. The fourth-order valence-corrected chi connectivity index (χ4v) is 4.45. The number of carbonyl (C=O) groups is 1. The minimum Gasteiger partial charge on any atom is -0.508 e. The van der Waals surface area contributed by atoms with E-state index in [4.69, 9.17) is 0 Å². The fourth-order valence-electron chi connectivity index (χ4n) is 4.45. The lowest BCUT2D eigenvalue weighted by Gasteiger charge is -2.36. The third-order valence-electron chi connectivity index (χ3n) is 6.40. The zero-order valence-corrected chi connectivity index (χ0v) is 18.9. The lowest BCUT2D eigenvalue weighted by molar-refractivity contribution is 0.0773. The molecule has 0 saturated carbocycles. The summed E-state index contributed by atoms with van der Waals surface area (Å²) in [6.45, 7) is 10.9. The second kappa shape index (κ2) is 9.48. The van der Waals surface area contributed by atoms with Crippen LogP contribution in [0.15, 0.2) is 59.7 Å². The first-order valence-corrected chi connectivity index (χ1v) is 10.9. The van der Waals surface area contributed by atoms with Gasteiger partial charge < -0.3 is 10.0 Å². The highest BCUT2D eigenvalue weighted by atomic mass is 16.3. The van der Waals surface area contributed by atoms with Crippen LogP contribution in [0.5, 0.6) is 5.75 Å². The molecule has 1 amide bonds. The number of likely N-dealkylation sites (N-methyl/N-ethyl adjacent to an activating group) is 1. The Kier molecular flexibility index (Phi) is 6.99. The molecular weight excluding hydrogens is 372 g/mol. The molecule has 1 aliphatic rings. The maximum atomic E-state index is 12.7. The molecule has 2 atom stereocenters. The van der Waals surface area contributed by atoms with Crippen molar-refractivity contribution in [1.82, 2.24) is 9.80 Å². The number of benzene rings is 2. The summed E-state index contributed by atoms with van der Waals surface area (Å²) in [5.74, 6) is 0.430. The maximum absolute atomic E-state index is 12.7. The highest BCUT2D eigenvalue weighted by Crippen LogP contribution is 2.39. The molecule has 1 heterocycles. The van der Waals surface area contributed by atoms with Crippen molar-refractivity contribution in [1.29, 1.82) is 0 Å². The molecule has 0 fully saturated rings. The van der Waals surface area contributed by atoms with E-state index in [1.807, 2.05) is 43.0 Å². The molecule has 2 aromatic carbocycles. The van der Waals surface area contributed by atoms with Gasteiger partial charge in [0.05, 0.1) is 0 Å². The Bertz CT molecular complexity index is 913. The van der Waals surface area contributed by atoms with Gasteiger partial charge in [-0.2, -0.15) is 0 Å². The van der Waals surface area contributed by atoms with Crippen LogP contribution in [0, 0.1) is 0 Å². The standard InChI is InChI=1S/C26H34N2O2/c1-6-28(7-2)26(30)21-13-11-20(12-14-21)25(22-9-8-10-23(29)16-22)24-15-19(4)27(5)17-18(24)3/h8-14,16,19,25,29H,6-7,15,17H2,1-5H3/t19-,25-/m1/s1. The van der Waals surface area contributed by atoms with Crippen molar-refractivity contribution < 1.29 is 9.90 Å². The average molecular weight is 407 g/mol. The smallest absolute Gasteiger partial charge is 0.253 e. The molecule has 1 N–H and O–H groups in total. The lowest BCUT2D eigenvalue weighted by atomic mass is 9.78. The van der Waals surface area contributed by atoms with E-state index in [0.717, 1.165) is 29.7 Å². The van der Waals surface area contributed by atoms with E-state index in [0.29, 0.717) is 19.1 Å². The van der Waals surface area contributed by atoms with Crippen molar-refractivity contribution in [2.45, 2.75) is 46.1 Å². The van der Waals surface area contributed by atoms with Crippen LogP contribution in [0.2, 0.25) is 0 Å². The van der Waals surface area contributed by atoms with Gasteiger partial charge in [-0.25, -0.2) is 0 Å². The molecule has 2 aromatic rings. The number of phenolic OH excluding ortho intramolecular Hbond substituents is 1. The summed E-state index contributed by atoms with van der Waals surface area (Å²) in [5, 5.41) is 10.1. The average Bonchev–Trinajstić information content (AvgIpc) is 2.73. The quantitative estimate of drug-likeness (QED) is 0.683. The van der Waals surface area contributed by atoms with E-state index >= 15 is 0 Å². The normalized spacial score (nSPS) is 18.4. The Labute approximate surface area is 180 Å². The number of aromatic hydroxyl groups is 1. The van der Waals surface area contributed by atoms with E-state index < -0.39 is 0 Å². The first-order chi connectivity index (χ1) is 14.3. The number of hydrogen-bond donors (Lipinski definition) is 1. The van der Waals surface area contributed by atoms with Gasteiger partial charge in [0.15, 0.2) is 0 Å². The van der Waals surface area contributed by atoms with Crippen LogP contribution in [0.3, 0.4) is 0 Å². The molecule has 3 rings (SSSR count). The van der Waals surface area contributed by atoms with Crippen LogP contribution in [-0.2, 0) is 0 Å². The van der Waals surface area contributed by atoms with Gasteiger partial charge in [0.2, 0.25) is 0 Å². The monoisotopic (exact) mass is 406 g/mol. The van der Waals surface area contributed by atoms with Crippen LogP contribution in [-0.4, -0.2) is 53.5 Å². The summed E-state index contributed by atoms with van der Waals surface area (Å²) in [6, 6.07) is 16.1. The molecule has 0 aromatic heterocycles. The molecular formula is C26H34N2O2. The van der Waals surface area contributed by atoms with Crippen LogP contribution in [0.1, 0.15) is 61.5 Å². The predicted octanol–water partition coefficient (Wildman–Crippen LogP) is 5.05. The Morgan fingerprint density at radius 3 is 2.40 bits per heavy atom. The molecule has 0 saturated heterocycles. The summed E-state index contributed by atoms with van der Waals surface area (Å²) in [5.41, 5.74) is 5.76. The van der Waals surface area contributed by atoms with Crippen molar-refractivity contribution in [3.63, 3.8) is 0 Å². The molecule has 0 radical (unpaired) electrons. The van der Waals surface area contributed by atoms with Crippen LogP contribution in [0.25, 0.3) is 0 Å². The van der Waals surface area contributed by atoms with Gasteiger partial charge in [-0.15, -0.1) is 0 Å². The molecule has 0 aliphatic carbocycles. The minimum absolute atomic E-state index is 0.0729. The maximum Gasteiger partial charge on any atom is 0.253 e. The molecule has 0 unspecified atom stereocenters. The summed E-state index contributed by atoms with van der Waals surface area (Å²) in [7, 11) is 2.17. The van der Waals surface area contributed by atoms with Crippen LogP contribution in [0.4, 0.5) is 0 Å². The van der Waals surface area contributed by atoms with Gasteiger partial charge >= 0.3 is 0 Å². The topological polar surface area (TPSA) is 43.8 Å². The summed E-state index contributed by atoms with van der Waals surface area (Å²) in [4.78, 5) is 16.9. The van der Waals surface area contributed by atoms with Crippen molar-refractivity contribution in [2.24, 2.45) is 0 Å². The second-order valence-electron chi connectivity index (χ2n) is 8.40. The summed E-state index contributed by atoms with van der Waals surface area (Å²) >= 11 is 0. The fraction of sp³-hybridized carbons (Fsp3) is 0.423. The molecule has 0 spiro atoms. The van der Waals surface area contributed by atoms with Crippen molar-refractivity contribution in [3.8, 4) is 5.75 Å². The highest BCUT2D eigenvalue weighted by molar-refractivity contribution is 5.94. The van der Waals surface area contributed by atoms with E-state index in [2.05, 4.69) is 44.0 Å². The molecule has 4 nitrogen and oxygen atoms in total. The third-order valence-corrected chi connectivity index (χ3v) is 6.40. The van der Waals surface area contributed by atoms with Crippen LogP contribution >= 0.6 is 0 Å². The van der Waals surface area contributed by atoms with Crippen molar-refractivity contribution in [3.05, 3.63) is 76.4 Å².